The molecule has 2 N–H and O–H groups in total. The summed E-state index contributed by atoms with van der Waals surface area (Å²) >= 11 is 0. The van der Waals surface area contributed by atoms with Crippen LogP contribution in [0.2, 0.25) is 0 Å². The molecule has 76 valence electrons. The van der Waals surface area contributed by atoms with Crippen LogP contribution in [0.3, 0.4) is 0 Å². The Morgan fingerprint density at radius 1 is 1.54 bits per heavy atom. The highest BCUT2D eigenvalue weighted by molar-refractivity contribution is 7.89. The zero-order chi connectivity index (χ0) is 10.5. The first-order valence-corrected chi connectivity index (χ1v) is 5.32. The van der Waals surface area contributed by atoms with Gasteiger partial charge in [0, 0.05) is 6.54 Å². The summed E-state index contributed by atoms with van der Waals surface area (Å²) in [5, 5.41) is 8.24. The zero-order valence-electron chi connectivity index (χ0n) is 7.41. The van der Waals surface area contributed by atoms with Gasteiger partial charge in [-0.25, -0.2) is 13.1 Å². The number of rotatable bonds is 6. The standard InChI is InChI=1S/C7H13NO4S/c1-6(2)5-8-13(11,12)4-3-7(9)10/h8H,1,3-5H2,2H3,(H,9,10). The van der Waals surface area contributed by atoms with Gasteiger partial charge in [-0.3, -0.25) is 4.79 Å². The lowest BCUT2D eigenvalue weighted by molar-refractivity contribution is -0.136. The molecule has 0 aromatic carbocycles. The molecule has 13 heavy (non-hydrogen) atoms. The van der Waals surface area contributed by atoms with Crippen LogP contribution in [0, 0.1) is 0 Å². The first-order valence-electron chi connectivity index (χ1n) is 3.67. The molecule has 0 fully saturated rings. The van der Waals surface area contributed by atoms with Gasteiger partial charge < -0.3 is 5.11 Å². The molecule has 0 aromatic rings. The van der Waals surface area contributed by atoms with Crippen molar-refractivity contribution in [3.05, 3.63) is 12.2 Å². The molecule has 0 saturated heterocycles. The van der Waals surface area contributed by atoms with Gasteiger partial charge in [-0.2, -0.15) is 0 Å². The van der Waals surface area contributed by atoms with Gasteiger partial charge in [0.05, 0.1) is 12.2 Å². The number of carbonyl (C=O) groups is 1. The van der Waals surface area contributed by atoms with Crippen molar-refractivity contribution >= 4 is 16.0 Å². The normalized spacial score (nSPS) is 11.2. The van der Waals surface area contributed by atoms with Crippen molar-refractivity contribution in [3.63, 3.8) is 0 Å². The summed E-state index contributed by atoms with van der Waals surface area (Å²) in [6.07, 6.45) is -0.383. The molecular weight excluding hydrogens is 194 g/mol. The van der Waals surface area contributed by atoms with Gasteiger partial charge in [0.25, 0.3) is 0 Å². The largest absolute Gasteiger partial charge is 0.481 e. The second-order valence-corrected chi connectivity index (χ2v) is 4.67. The number of carboxylic acid groups (broad SMARTS) is 1. The van der Waals surface area contributed by atoms with Crippen molar-refractivity contribution in [1.29, 1.82) is 0 Å². The summed E-state index contributed by atoms with van der Waals surface area (Å²) in [6, 6.07) is 0. The molecular formula is C7H13NO4S. The van der Waals surface area contributed by atoms with Crippen molar-refractivity contribution in [2.75, 3.05) is 12.3 Å². The fourth-order valence-corrected chi connectivity index (χ4v) is 1.58. The maximum Gasteiger partial charge on any atom is 0.304 e. The number of aliphatic carboxylic acids is 1. The molecule has 0 spiro atoms. The van der Waals surface area contributed by atoms with E-state index in [1.807, 2.05) is 0 Å². The predicted octanol–water partition coefficient (Wildman–Crippen LogP) is -0.0434. The quantitative estimate of drug-likeness (QED) is 0.598. The highest BCUT2D eigenvalue weighted by Gasteiger charge is 2.11. The van der Waals surface area contributed by atoms with Crippen LogP contribution in [0.4, 0.5) is 0 Å². The average molecular weight is 207 g/mol. The third kappa shape index (κ3) is 7.48. The second kappa shape index (κ2) is 4.98. The molecule has 0 unspecified atom stereocenters. The van der Waals surface area contributed by atoms with E-state index in [-0.39, 0.29) is 13.0 Å². The Kier molecular flexibility index (Phi) is 4.64. The Morgan fingerprint density at radius 2 is 2.08 bits per heavy atom. The topological polar surface area (TPSA) is 83.5 Å². The first-order chi connectivity index (χ1) is 5.83. The number of hydrogen-bond acceptors (Lipinski definition) is 3. The molecule has 0 rings (SSSR count). The van der Waals surface area contributed by atoms with E-state index in [2.05, 4.69) is 11.3 Å². The summed E-state index contributed by atoms with van der Waals surface area (Å²) in [5.74, 6) is -1.52. The minimum Gasteiger partial charge on any atom is -0.481 e. The Labute approximate surface area is 77.5 Å². The van der Waals surface area contributed by atoms with Crippen LogP contribution in [-0.2, 0) is 14.8 Å². The molecule has 0 radical (unpaired) electrons. The fourth-order valence-electron chi connectivity index (χ4n) is 0.527. The molecule has 0 aliphatic heterocycles. The molecule has 5 nitrogen and oxygen atoms in total. The number of nitrogens with one attached hydrogen (secondary N) is 1. The molecule has 6 heteroatoms. The van der Waals surface area contributed by atoms with Crippen LogP contribution < -0.4 is 4.72 Å². The van der Waals surface area contributed by atoms with E-state index in [1.54, 1.807) is 6.92 Å². The zero-order valence-corrected chi connectivity index (χ0v) is 8.23. The molecule has 0 aromatic heterocycles. The van der Waals surface area contributed by atoms with Gasteiger partial charge >= 0.3 is 5.97 Å². The van der Waals surface area contributed by atoms with Gasteiger partial charge in [-0.1, -0.05) is 12.2 Å². The van der Waals surface area contributed by atoms with E-state index in [1.165, 1.54) is 0 Å². The van der Waals surface area contributed by atoms with Gasteiger partial charge in [0.1, 0.15) is 0 Å². The van der Waals surface area contributed by atoms with Crippen molar-refractivity contribution < 1.29 is 18.3 Å². The van der Waals surface area contributed by atoms with E-state index >= 15 is 0 Å². The van der Waals surface area contributed by atoms with Gasteiger partial charge in [-0.15, -0.1) is 0 Å². The molecule has 0 heterocycles. The van der Waals surface area contributed by atoms with Crippen LogP contribution in [0.15, 0.2) is 12.2 Å². The van der Waals surface area contributed by atoms with Crippen molar-refractivity contribution in [2.24, 2.45) is 0 Å². The molecule has 0 bridgehead atoms. The third-order valence-electron chi connectivity index (χ3n) is 1.18. The lowest BCUT2D eigenvalue weighted by atomic mass is 10.4. The summed E-state index contributed by atoms with van der Waals surface area (Å²) in [4.78, 5) is 10.1. The van der Waals surface area contributed by atoms with E-state index in [4.69, 9.17) is 5.11 Å². The van der Waals surface area contributed by atoms with Crippen molar-refractivity contribution in [1.82, 2.24) is 4.72 Å². The maximum atomic E-state index is 11.0. The van der Waals surface area contributed by atoms with Crippen molar-refractivity contribution in [2.45, 2.75) is 13.3 Å². The van der Waals surface area contributed by atoms with Crippen LogP contribution in [0.5, 0.6) is 0 Å². The maximum absolute atomic E-state index is 11.0. The number of carboxylic acids is 1. The first kappa shape index (κ1) is 12.1. The second-order valence-electron chi connectivity index (χ2n) is 2.74. The van der Waals surface area contributed by atoms with Gasteiger partial charge in [0.2, 0.25) is 10.0 Å². The Hall–Kier alpha value is -0.880. The van der Waals surface area contributed by atoms with E-state index in [0.717, 1.165) is 0 Å². The monoisotopic (exact) mass is 207 g/mol. The summed E-state index contributed by atoms with van der Waals surface area (Å²) in [6.45, 7) is 5.35. The van der Waals surface area contributed by atoms with E-state index < -0.39 is 21.7 Å². The number of sulfonamides is 1. The molecule has 0 aliphatic carbocycles. The molecule has 0 atom stereocenters. The minimum absolute atomic E-state index is 0.155. The van der Waals surface area contributed by atoms with Gasteiger partial charge in [-0.05, 0) is 6.92 Å². The van der Waals surface area contributed by atoms with Crippen molar-refractivity contribution in [3.8, 4) is 0 Å². The van der Waals surface area contributed by atoms with Crippen LogP contribution in [-0.4, -0.2) is 31.8 Å². The van der Waals surface area contributed by atoms with Crippen LogP contribution in [0.1, 0.15) is 13.3 Å². The summed E-state index contributed by atoms with van der Waals surface area (Å²) in [5.41, 5.74) is 0.680. The SMILES string of the molecule is C=C(C)CNS(=O)(=O)CCC(=O)O. The fraction of sp³-hybridized carbons (Fsp3) is 0.571. The smallest absolute Gasteiger partial charge is 0.304 e. The van der Waals surface area contributed by atoms with E-state index in [9.17, 15) is 13.2 Å². The van der Waals surface area contributed by atoms with Crippen LogP contribution in [0.25, 0.3) is 0 Å². The van der Waals surface area contributed by atoms with E-state index in [0.29, 0.717) is 5.57 Å². The predicted molar refractivity (Wildman–Crippen MR) is 48.9 cm³/mol. The van der Waals surface area contributed by atoms with Crippen LogP contribution >= 0.6 is 0 Å². The summed E-state index contributed by atoms with van der Waals surface area (Å²) < 4.78 is 24.3. The third-order valence-corrected chi connectivity index (χ3v) is 2.50. The molecule has 0 saturated carbocycles. The highest BCUT2D eigenvalue weighted by Crippen LogP contribution is 1.91. The number of hydrogen-bond donors (Lipinski definition) is 2. The highest BCUT2D eigenvalue weighted by atomic mass is 32.2. The lowest BCUT2D eigenvalue weighted by Gasteiger charge is -2.03. The Morgan fingerprint density at radius 3 is 2.46 bits per heavy atom. The Bertz CT molecular complexity index is 270. The average Bonchev–Trinajstić information content (AvgIpc) is 1.98. The lowest BCUT2D eigenvalue weighted by Crippen LogP contribution is -2.28. The summed E-state index contributed by atoms with van der Waals surface area (Å²) in [7, 11) is -3.46. The Balaban J connectivity index is 3.95. The minimum atomic E-state index is -3.46. The molecule has 0 aliphatic rings. The molecule has 0 amide bonds. The van der Waals surface area contributed by atoms with Gasteiger partial charge in [0.15, 0.2) is 0 Å².